The lowest BCUT2D eigenvalue weighted by atomic mass is 9.78. The van der Waals surface area contributed by atoms with E-state index < -0.39 is 0 Å². The van der Waals surface area contributed by atoms with Crippen LogP contribution in [0, 0.1) is 17.2 Å². The quantitative estimate of drug-likeness (QED) is 0.818. The molecule has 1 N–H and O–H groups in total. The van der Waals surface area contributed by atoms with Crippen molar-refractivity contribution in [3.05, 3.63) is 28.8 Å². The predicted octanol–water partition coefficient (Wildman–Crippen LogP) is 4.68. The Labute approximate surface area is 134 Å². The molecule has 0 aromatic heterocycles. The van der Waals surface area contributed by atoms with E-state index in [1.165, 1.54) is 25.7 Å². The highest BCUT2D eigenvalue weighted by Crippen LogP contribution is 2.42. The van der Waals surface area contributed by atoms with Gasteiger partial charge in [0.2, 0.25) is 0 Å². The molecule has 2 aliphatic rings. The first-order valence-electron chi connectivity index (χ1n) is 7.30. The summed E-state index contributed by atoms with van der Waals surface area (Å²) < 4.78 is 0. The Morgan fingerprint density at radius 3 is 3.10 bits per heavy atom. The van der Waals surface area contributed by atoms with Crippen LogP contribution in [0.4, 0.5) is 5.69 Å². The summed E-state index contributed by atoms with van der Waals surface area (Å²) in [6.45, 7) is 2.33. The Kier molecular flexibility index (Phi) is 4.14. The molecule has 1 spiro atoms. The zero-order valence-electron chi connectivity index (χ0n) is 12.0. The van der Waals surface area contributed by atoms with Gasteiger partial charge in [0.25, 0.3) is 0 Å². The van der Waals surface area contributed by atoms with Crippen LogP contribution in [0.2, 0.25) is 5.02 Å². The third-order valence-electron chi connectivity index (χ3n) is 4.22. The summed E-state index contributed by atoms with van der Waals surface area (Å²) in [5.41, 5.74) is 1.54. The van der Waals surface area contributed by atoms with Crippen LogP contribution >= 0.6 is 23.4 Å². The Bertz CT molecular complexity index is 622. The summed E-state index contributed by atoms with van der Waals surface area (Å²) in [5, 5.41) is 13.7. The van der Waals surface area contributed by atoms with Gasteiger partial charge in [0.05, 0.1) is 16.1 Å². The number of halogens is 1. The van der Waals surface area contributed by atoms with Gasteiger partial charge in [-0.25, -0.2) is 0 Å². The minimum Gasteiger partial charge on any atom is -0.335 e. The van der Waals surface area contributed by atoms with E-state index in [2.05, 4.69) is 18.3 Å². The molecule has 0 amide bonds. The molecule has 21 heavy (non-hydrogen) atoms. The first-order valence-corrected chi connectivity index (χ1v) is 8.66. The van der Waals surface area contributed by atoms with Gasteiger partial charge in [0, 0.05) is 11.4 Å². The number of nitrogens with one attached hydrogen (secondary N) is 1. The molecule has 5 heteroatoms. The zero-order valence-corrected chi connectivity index (χ0v) is 13.6. The minimum absolute atomic E-state index is 0.140. The summed E-state index contributed by atoms with van der Waals surface area (Å²) in [6.07, 6.45) is 5.00. The van der Waals surface area contributed by atoms with E-state index in [9.17, 15) is 0 Å². The molecule has 0 radical (unpaired) electrons. The number of nitriles is 1. The summed E-state index contributed by atoms with van der Waals surface area (Å²) >= 11 is 7.86. The largest absolute Gasteiger partial charge is 0.335 e. The molecule has 110 valence electrons. The van der Waals surface area contributed by atoms with Crippen molar-refractivity contribution in [1.29, 1.82) is 5.26 Å². The van der Waals surface area contributed by atoms with Crippen LogP contribution in [0.1, 0.15) is 38.2 Å². The first kappa shape index (κ1) is 14.7. The van der Waals surface area contributed by atoms with Gasteiger partial charge in [-0.2, -0.15) is 5.26 Å². The van der Waals surface area contributed by atoms with Crippen molar-refractivity contribution < 1.29 is 0 Å². The van der Waals surface area contributed by atoms with E-state index in [0.717, 1.165) is 22.5 Å². The van der Waals surface area contributed by atoms with Crippen LogP contribution in [0.5, 0.6) is 0 Å². The molecule has 1 aromatic rings. The monoisotopic (exact) mass is 319 g/mol. The lowest BCUT2D eigenvalue weighted by Crippen LogP contribution is -2.33. The van der Waals surface area contributed by atoms with E-state index >= 15 is 0 Å². The molecule has 1 aliphatic carbocycles. The predicted molar refractivity (Wildman–Crippen MR) is 90.0 cm³/mol. The fraction of sp³-hybridized carbons (Fsp3) is 0.500. The minimum atomic E-state index is 0.140. The average molecular weight is 320 g/mol. The Morgan fingerprint density at radius 1 is 1.52 bits per heavy atom. The molecule has 1 saturated carbocycles. The molecule has 1 aromatic carbocycles. The smallest absolute Gasteiger partial charge is 0.161 e. The van der Waals surface area contributed by atoms with Crippen LogP contribution in [0.15, 0.2) is 23.2 Å². The van der Waals surface area contributed by atoms with E-state index in [-0.39, 0.29) is 5.54 Å². The fourth-order valence-corrected chi connectivity index (χ4v) is 4.62. The molecule has 0 saturated heterocycles. The number of aliphatic imine (C=N–C) groups is 1. The van der Waals surface area contributed by atoms with Crippen molar-refractivity contribution >= 4 is 34.2 Å². The van der Waals surface area contributed by atoms with Crippen LogP contribution in [-0.4, -0.2) is 16.5 Å². The summed E-state index contributed by atoms with van der Waals surface area (Å²) in [5.74, 6) is 1.84. The van der Waals surface area contributed by atoms with Crippen LogP contribution < -0.4 is 5.32 Å². The number of hydrogen-bond donors (Lipinski definition) is 1. The van der Waals surface area contributed by atoms with E-state index in [4.69, 9.17) is 21.9 Å². The number of hydrogen-bond acceptors (Lipinski definition) is 4. The highest BCUT2D eigenvalue weighted by molar-refractivity contribution is 8.14. The summed E-state index contributed by atoms with van der Waals surface area (Å²) in [6, 6.07) is 7.48. The van der Waals surface area contributed by atoms with E-state index in [0.29, 0.717) is 10.6 Å². The highest BCUT2D eigenvalue weighted by Gasteiger charge is 2.39. The molecule has 0 bridgehead atoms. The van der Waals surface area contributed by atoms with Crippen molar-refractivity contribution in [2.75, 3.05) is 11.1 Å². The topological polar surface area (TPSA) is 48.2 Å². The number of thioether (sulfide) groups is 1. The molecule has 3 nitrogen and oxygen atoms in total. The number of amidine groups is 1. The first-order chi connectivity index (χ1) is 10.1. The standard InChI is InChI=1S/C16H18ClN3S/c1-11-3-2-6-16(8-11)10-21-15(20-16)19-13-5-4-12(9-18)14(17)7-13/h4-5,7,11H,2-3,6,8,10H2,1H3,(H,19,20). The molecule has 2 atom stereocenters. The molecule has 2 unspecified atom stereocenters. The van der Waals surface area contributed by atoms with Gasteiger partial charge in [-0.3, -0.25) is 4.99 Å². The van der Waals surface area contributed by atoms with Gasteiger partial charge in [0.15, 0.2) is 5.17 Å². The molecule has 1 heterocycles. The lowest BCUT2D eigenvalue weighted by Gasteiger charge is -2.33. The lowest BCUT2D eigenvalue weighted by molar-refractivity contribution is 0.266. The SMILES string of the molecule is CC1CCCC2(CSC(Nc3ccc(C#N)c(Cl)c3)=N2)C1. The second kappa shape index (κ2) is 5.90. The number of benzene rings is 1. The van der Waals surface area contributed by atoms with Gasteiger partial charge < -0.3 is 5.32 Å². The fourth-order valence-electron chi connectivity index (χ4n) is 3.22. The molecular weight excluding hydrogens is 302 g/mol. The third kappa shape index (κ3) is 3.20. The Morgan fingerprint density at radius 2 is 2.38 bits per heavy atom. The maximum absolute atomic E-state index is 8.90. The number of rotatable bonds is 1. The van der Waals surface area contributed by atoms with Crippen molar-refractivity contribution in [1.82, 2.24) is 0 Å². The van der Waals surface area contributed by atoms with Crippen LogP contribution in [0.25, 0.3) is 0 Å². The second-order valence-electron chi connectivity index (χ2n) is 6.06. The van der Waals surface area contributed by atoms with Crippen LogP contribution in [0.3, 0.4) is 0 Å². The average Bonchev–Trinajstić information content (AvgIpc) is 2.81. The summed E-state index contributed by atoms with van der Waals surface area (Å²) in [4.78, 5) is 4.96. The summed E-state index contributed by atoms with van der Waals surface area (Å²) in [7, 11) is 0. The van der Waals surface area contributed by atoms with Crippen molar-refractivity contribution in [2.45, 2.75) is 38.1 Å². The van der Waals surface area contributed by atoms with Crippen LogP contribution in [-0.2, 0) is 0 Å². The second-order valence-corrected chi connectivity index (χ2v) is 7.43. The van der Waals surface area contributed by atoms with E-state index in [1.54, 1.807) is 23.9 Å². The van der Waals surface area contributed by atoms with Gasteiger partial charge in [-0.15, -0.1) is 0 Å². The third-order valence-corrected chi connectivity index (χ3v) is 5.69. The van der Waals surface area contributed by atoms with Gasteiger partial charge in [0.1, 0.15) is 6.07 Å². The number of nitrogens with zero attached hydrogens (tertiary/aromatic N) is 2. The number of anilines is 1. The normalized spacial score (nSPS) is 28.2. The van der Waals surface area contributed by atoms with Gasteiger partial charge in [-0.05, 0) is 37.0 Å². The van der Waals surface area contributed by atoms with Crippen molar-refractivity contribution in [3.63, 3.8) is 0 Å². The molecule has 1 fully saturated rings. The molecule has 1 aliphatic heterocycles. The van der Waals surface area contributed by atoms with Crippen molar-refractivity contribution in [3.8, 4) is 6.07 Å². The van der Waals surface area contributed by atoms with E-state index in [1.807, 2.05) is 6.07 Å². The Balaban J connectivity index is 1.74. The van der Waals surface area contributed by atoms with Crippen molar-refractivity contribution in [2.24, 2.45) is 10.9 Å². The highest BCUT2D eigenvalue weighted by atomic mass is 35.5. The zero-order chi connectivity index (χ0) is 14.9. The Hall–Kier alpha value is -1.18. The van der Waals surface area contributed by atoms with Gasteiger partial charge in [-0.1, -0.05) is 43.1 Å². The maximum atomic E-state index is 8.90. The molecule has 3 rings (SSSR count). The molecular formula is C16H18ClN3S. The maximum Gasteiger partial charge on any atom is 0.161 e. The van der Waals surface area contributed by atoms with Gasteiger partial charge >= 0.3 is 0 Å².